The minimum absolute atomic E-state index is 0.0375. The first-order chi connectivity index (χ1) is 28.5. The van der Waals surface area contributed by atoms with Crippen LogP contribution in [0.3, 0.4) is 0 Å². The Balaban J connectivity index is 2.37. The highest BCUT2D eigenvalue weighted by Gasteiger charge is 2.58. The zero-order chi connectivity index (χ0) is 45.3. The summed E-state index contributed by atoms with van der Waals surface area (Å²) >= 11 is 0. The Morgan fingerprint density at radius 3 is 0.850 bits per heavy atom. The zero-order valence-electron chi connectivity index (χ0n) is 40.2. The van der Waals surface area contributed by atoms with Crippen LogP contribution in [-0.2, 0) is 62.7 Å². The molecule has 0 N–H and O–H groups in total. The SMILES string of the molecule is CCN1C(=O)C2C(CC[Si](C)(CCC[Si](OC)(OC)OC)CCC[Si](OC)(OC)OC)CC(CC[Si](C)(CCC[Si](OC)(OC)OC)CCC[Si](OC)(OC)OC)C2C1=O. The first kappa shape index (κ1) is 56.1. The summed E-state index contributed by atoms with van der Waals surface area (Å²) in [4.78, 5) is 29.8. The van der Waals surface area contributed by atoms with Crippen LogP contribution in [0.4, 0.5) is 0 Å². The van der Waals surface area contributed by atoms with E-state index in [2.05, 4.69) is 13.1 Å². The van der Waals surface area contributed by atoms with Crippen LogP contribution >= 0.6 is 0 Å². The molecule has 2 amide bonds. The lowest BCUT2D eigenvalue weighted by Gasteiger charge is -2.33. The van der Waals surface area contributed by atoms with Crippen LogP contribution in [0.5, 0.6) is 0 Å². The second kappa shape index (κ2) is 26.2. The predicted octanol–water partition coefficient (Wildman–Crippen LogP) is 7.25. The Morgan fingerprint density at radius 1 is 0.417 bits per heavy atom. The van der Waals surface area contributed by atoms with Gasteiger partial charge in [0.2, 0.25) is 11.8 Å². The van der Waals surface area contributed by atoms with E-state index >= 15 is 0 Å². The third-order valence-electron chi connectivity index (χ3n) is 14.4. The van der Waals surface area contributed by atoms with E-state index in [-0.39, 0.29) is 35.5 Å². The van der Waals surface area contributed by atoms with E-state index in [4.69, 9.17) is 53.1 Å². The van der Waals surface area contributed by atoms with Gasteiger partial charge in [-0.25, -0.2) is 0 Å². The fourth-order valence-corrected chi connectivity index (χ4v) is 26.4. The Labute approximate surface area is 370 Å². The van der Waals surface area contributed by atoms with E-state index in [0.717, 1.165) is 105 Å². The molecule has 0 radical (unpaired) electrons. The summed E-state index contributed by atoms with van der Waals surface area (Å²) in [6.45, 7) is 7.35. The van der Waals surface area contributed by atoms with Crippen molar-refractivity contribution in [3.8, 4) is 0 Å². The Bertz CT molecular complexity index is 1080. The predicted molar refractivity (Wildman–Crippen MR) is 247 cm³/mol. The Hall–Kier alpha value is -0.0387. The van der Waals surface area contributed by atoms with E-state index in [9.17, 15) is 9.59 Å². The molecular weight excluding hydrogens is 875 g/mol. The van der Waals surface area contributed by atoms with Crippen molar-refractivity contribution in [1.29, 1.82) is 0 Å². The zero-order valence-corrected chi connectivity index (χ0v) is 46.2. The largest absolute Gasteiger partial charge is 0.500 e. The van der Waals surface area contributed by atoms with E-state index in [0.29, 0.717) is 6.54 Å². The monoisotopic (exact) mass is 959 g/mol. The molecule has 0 aromatic heterocycles. The number of hydrogen-bond acceptors (Lipinski definition) is 14. The van der Waals surface area contributed by atoms with Gasteiger partial charge in [-0.15, -0.1) is 0 Å². The van der Waals surface area contributed by atoms with E-state index in [1.54, 1.807) is 90.2 Å². The van der Waals surface area contributed by atoms with Crippen molar-refractivity contribution in [2.45, 2.75) is 125 Å². The number of hydrogen-bond donors (Lipinski definition) is 0. The van der Waals surface area contributed by atoms with Gasteiger partial charge in [-0.05, 0) is 25.2 Å². The minimum Gasteiger partial charge on any atom is -0.377 e. The van der Waals surface area contributed by atoms with Gasteiger partial charge in [-0.2, -0.15) is 0 Å². The smallest absolute Gasteiger partial charge is 0.377 e. The van der Waals surface area contributed by atoms with Crippen LogP contribution in [0, 0.1) is 23.7 Å². The molecule has 1 saturated heterocycles. The van der Waals surface area contributed by atoms with E-state index in [1.807, 2.05) is 6.92 Å². The summed E-state index contributed by atoms with van der Waals surface area (Å²) < 4.78 is 69.3. The third-order valence-corrected chi connectivity index (χ3v) is 35.0. The maximum Gasteiger partial charge on any atom is 0.500 e. The molecule has 2 fully saturated rings. The lowest BCUT2D eigenvalue weighted by atomic mass is 9.87. The molecule has 2 rings (SSSR count). The molecule has 1 aliphatic heterocycles. The van der Waals surface area contributed by atoms with Crippen molar-refractivity contribution in [2.24, 2.45) is 23.7 Å². The molecule has 60 heavy (non-hydrogen) atoms. The van der Waals surface area contributed by atoms with Crippen LogP contribution in [0.2, 0.25) is 73.5 Å². The maximum atomic E-state index is 14.1. The quantitative estimate of drug-likeness (QED) is 0.0464. The summed E-state index contributed by atoms with van der Waals surface area (Å²) in [5.74, 6) is -0.0544. The molecule has 0 aromatic carbocycles. The summed E-state index contributed by atoms with van der Waals surface area (Å²) in [5, 5.41) is 0. The topological polar surface area (TPSA) is 148 Å². The fourth-order valence-electron chi connectivity index (χ4n) is 10.3. The second-order valence-electron chi connectivity index (χ2n) is 17.5. The highest BCUT2D eigenvalue weighted by atomic mass is 28.4. The number of fused-ring (bicyclic) bond motifs is 1. The van der Waals surface area contributed by atoms with Crippen LogP contribution in [0.25, 0.3) is 0 Å². The van der Waals surface area contributed by atoms with Crippen LogP contribution < -0.4 is 0 Å². The van der Waals surface area contributed by atoms with Crippen molar-refractivity contribution < 1.29 is 62.7 Å². The summed E-state index contributed by atoms with van der Waals surface area (Å²) in [6.07, 6.45) is 6.59. The van der Waals surface area contributed by atoms with Crippen LogP contribution in [-0.4, -0.2) is 160 Å². The number of amides is 2. The van der Waals surface area contributed by atoms with Gasteiger partial charge in [0.1, 0.15) is 0 Å². The summed E-state index contributed by atoms with van der Waals surface area (Å²) in [6, 6.07) is 9.48. The molecule has 4 unspecified atom stereocenters. The van der Waals surface area contributed by atoms with Crippen LogP contribution in [0.15, 0.2) is 0 Å². The molecule has 15 nitrogen and oxygen atoms in total. The molecule has 1 aliphatic carbocycles. The fraction of sp³-hybridized carbons (Fsp3) is 0.949. The van der Waals surface area contributed by atoms with Gasteiger partial charge in [0.25, 0.3) is 0 Å². The van der Waals surface area contributed by atoms with Crippen molar-refractivity contribution >= 4 is 63.2 Å². The molecule has 0 aromatic rings. The first-order valence-electron chi connectivity index (χ1n) is 22.0. The molecule has 0 spiro atoms. The first-order valence-corrected chi connectivity index (χ1v) is 35.9. The van der Waals surface area contributed by atoms with Gasteiger partial charge in [0.15, 0.2) is 0 Å². The summed E-state index contributed by atoms with van der Waals surface area (Å²) in [7, 11) is 5.36. The average molecular weight is 961 g/mol. The summed E-state index contributed by atoms with van der Waals surface area (Å²) in [5.41, 5.74) is 0. The minimum atomic E-state index is -2.72. The van der Waals surface area contributed by atoms with E-state index < -0.39 is 51.4 Å². The molecule has 1 saturated carbocycles. The van der Waals surface area contributed by atoms with Crippen molar-refractivity contribution in [3.63, 3.8) is 0 Å². The number of rotatable bonds is 35. The van der Waals surface area contributed by atoms with Crippen molar-refractivity contribution in [1.82, 2.24) is 4.90 Å². The van der Waals surface area contributed by atoms with Crippen molar-refractivity contribution in [2.75, 3.05) is 91.9 Å². The third kappa shape index (κ3) is 14.5. The number of imide groups is 1. The normalized spacial score (nSPS) is 20.8. The van der Waals surface area contributed by atoms with Crippen molar-refractivity contribution in [3.05, 3.63) is 0 Å². The van der Waals surface area contributed by atoms with E-state index in [1.165, 1.54) is 0 Å². The number of carbonyl (C=O) groups is 2. The second-order valence-corrected chi connectivity index (χ2v) is 40.1. The lowest BCUT2D eigenvalue weighted by molar-refractivity contribution is -0.140. The molecule has 1 heterocycles. The molecule has 0 bridgehead atoms. The molecule has 21 heteroatoms. The lowest BCUT2D eigenvalue weighted by Crippen LogP contribution is -2.44. The number of likely N-dealkylation sites (tertiary alicyclic amines) is 1. The van der Waals surface area contributed by atoms with Gasteiger partial charge < -0.3 is 53.1 Å². The highest BCUT2D eigenvalue weighted by molar-refractivity contribution is 6.79. The highest BCUT2D eigenvalue weighted by Crippen LogP contribution is 2.52. The van der Waals surface area contributed by atoms with Gasteiger partial charge in [-0.3, -0.25) is 14.5 Å². The standard InChI is InChI=1S/C39H85NO14Si6/c1-16-40-38(41)36-34(21-31-55(14,23-17-27-57(43-2,44-3)45-4)24-18-28-58(46-5,47-6)48-7)33-35(37(36)39(40)42)22-32-56(15,25-19-29-59(49-8,50-9)51-10)26-20-30-60(52-11,53-12)54-13/h34-37H,16-33H2,1-15H3. The van der Waals surface area contributed by atoms with Crippen LogP contribution in [0.1, 0.15) is 51.9 Å². The molecule has 2 aliphatic rings. The molecule has 4 atom stereocenters. The Kier molecular flexibility index (Phi) is 24.5. The Morgan fingerprint density at radius 2 is 0.650 bits per heavy atom. The number of nitrogens with zero attached hydrogens (tertiary/aromatic N) is 1. The van der Waals surface area contributed by atoms with Gasteiger partial charge in [-0.1, -0.05) is 87.9 Å². The van der Waals surface area contributed by atoms with Gasteiger partial charge in [0.05, 0.1) is 28.0 Å². The van der Waals surface area contributed by atoms with Gasteiger partial charge in [0, 0.05) is 116 Å². The maximum absolute atomic E-state index is 14.1. The van der Waals surface area contributed by atoms with Gasteiger partial charge >= 0.3 is 35.2 Å². The number of carbonyl (C=O) groups excluding carboxylic acids is 2. The molecule has 354 valence electrons. The average Bonchev–Trinajstić information content (AvgIpc) is 3.77. The molecular formula is C39H85NO14Si6.